The number of methoxy groups -OCH3 is 1. The summed E-state index contributed by atoms with van der Waals surface area (Å²) in [4.78, 5) is 16.1. The molecule has 0 spiro atoms. The van der Waals surface area contributed by atoms with E-state index in [0.29, 0.717) is 17.0 Å². The fraction of sp³-hybridized carbons (Fsp3) is 0.0625. The minimum Gasteiger partial charge on any atom is -0.495 e. The standard InChI is InChI=1S/C16H11Cl2N3O2/c1-23-13-5-3-2-4-12(13)20-16(22)11(9-19)8-10-6-7-14(17)21-15(10)18/h2-8H,1H3,(H,20,22). The van der Waals surface area contributed by atoms with E-state index < -0.39 is 5.91 Å². The summed E-state index contributed by atoms with van der Waals surface area (Å²) in [7, 11) is 1.49. The number of carbonyl (C=O) groups is 1. The van der Waals surface area contributed by atoms with Gasteiger partial charge in [0.1, 0.15) is 27.7 Å². The summed E-state index contributed by atoms with van der Waals surface area (Å²) in [6.07, 6.45) is 1.34. The second-order valence-electron chi connectivity index (χ2n) is 4.34. The lowest BCUT2D eigenvalue weighted by molar-refractivity contribution is -0.112. The van der Waals surface area contributed by atoms with Crippen LogP contribution in [0.15, 0.2) is 42.0 Å². The van der Waals surface area contributed by atoms with Crippen molar-refractivity contribution in [1.82, 2.24) is 4.98 Å². The van der Waals surface area contributed by atoms with Crippen LogP contribution in [0.5, 0.6) is 5.75 Å². The lowest BCUT2D eigenvalue weighted by Crippen LogP contribution is -2.14. The minimum absolute atomic E-state index is 0.107. The van der Waals surface area contributed by atoms with Crippen LogP contribution < -0.4 is 10.1 Å². The SMILES string of the molecule is COc1ccccc1NC(=O)C(C#N)=Cc1ccc(Cl)nc1Cl. The molecular weight excluding hydrogens is 337 g/mol. The number of halogens is 2. The van der Waals surface area contributed by atoms with Crippen molar-refractivity contribution in [3.63, 3.8) is 0 Å². The molecule has 5 nitrogen and oxygen atoms in total. The number of aromatic nitrogens is 1. The Kier molecular flexibility index (Phi) is 5.58. The lowest BCUT2D eigenvalue weighted by atomic mass is 10.1. The predicted molar refractivity (Wildman–Crippen MR) is 89.5 cm³/mol. The van der Waals surface area contributed by atoms with Gasteiger partial charge in [-0.3, -0.25) is 4.79 Å². The maximum absolute atomic E-state index is 12.2. The van der Waals surface area contributed by atoms with Crippen LogP contribution in [0.2, 0.25) is 10.3 Å². The average molecular weight is 348 g/mol. The Bertz CT molecular complexity index is 813. The summed E-state index contributed by atoms with van der Waals surface area (Å²) in [6, 6.07) is 11.8. The number of benzene rings is 1. The Balaban J connectivity index is 2.28. The zero-order valence-electron chi connectivity index (χ0n) is 12.0. The molecule has 0 aliphatic heterocycles. The molecule has 0 saturated carbocycles. The number of nitriles is 1. The van der Waals surface area contributed by atoms with Crippen LogP contribution in [0.4, 0.5) is 5.69 Å². The zero-order valence-corrected chi connectivity index (χ0v) is 13.5. The summed E-state index contributed by atoms with van der Waals surface area (Å²) in [5, 5.41) is 12.2. The van der Waals surface area contributed by atoms with Crippen molar-refractivity contribution in [2.75, 3.05) is 12.4 Å². The van der Waals surface area contributed by atoms with Gasteiger partial charge in [0.25, 0.3) is 5.91 Å². The number of hydrogen-bond donors (Lipinski definition) is 1. The number of nitrogens with zero attached hydrogens (tertiary/aromatic N) is 2. The molecule has 2 aromatic rings. The van der Waals surface area contributed by atoms with Crippen LogP contribution in [0, 0.1) is 11.3 Å². The molecule has 0 saturated heterocycles. The van der Waals surface area contributed by atoms with Gasteiger partial charge in [-0.05, 0) is 30.3 Å². The molecule has 0 atom stereocenters. The molecular formula is C16H11Cl2N3O2. The Morgan fingerprint density at radius 2 is 2.04 bits per heavy atom. The monoisotopic (exact) mass is 347 g/mol. The van der Waals surface area contributed by atoms with Crippen molar-refractivity contribution in [1.29, 1.82) is 5.26 Å². The second kappa shape index (κ2) is 7.63. The first-order chi connectivity index (χ1) is 11.0. The molecule has 1 heterocycles. The molecule has 23 heavy (non-hydrogen) atoms. The van der Waals surface area contributed by atoms with Crippen molar-refractivity contribution >= 4 is 40.9 Å². The molecule has 1 amide bonds. The highest BCUT2D eigenvalue weighted by Gasteiger charge is 2.13. The highest BCUT2D eigenvalue weighted by atomic mass is 35.5. The maximum atomic E-state index is 12.2. The third kappa shape index (κ3) is 4.22. The molecule has 1 N–H and O–H groups in total. The Hall–Kier alpha value is -2.55. The first kappa shape index (κ1) is 16.8. The predicted octanol–water partition coefficient (Wildman–Crippen LogP) is 3.94. The van der Waals surface area contributed by atoms with E-state index >= 15 is 0 Å². The first-order valence-corrected chi connectivity index (χ1v) is 7.19. The fourth-order valence-electron chi connectivity index (χ4n) is 1.77. The normalized spacial score (nSPS) is 10.8. The molecule has 2 rings (SSSR count). The average Bonchev–Trinajstić information content (AvgIpc) is 2.54. The van der Waals surface area contributed by atoms with Crippen LogP contribution in [0.3, 0.4) is 0 Å². The Morgan fingerprint density at radius 1 is 1.30 bits per heavy atom. The van der Waals surface area contributed by atoms with Crippen molar-refractivity contribution in [2.24, 2.45) is 0 Å². The number of ether oxygens (including phenoxy) is 1. The van der Waals surface area contributed by atoms with E-state index in [1.807, 2.05) is 6.07 Å². The molecule has 0 fully saturated rings. The lowest BCUT2D eigenvalue weighted by Gasteiger charge is -2.09. The van der Waals surface area contributed by atoms with E-state index in [2.05, 4.69) is 10.3 Å². The van der Waals surface area contributed by atoms with Gasteiger partial charge in [-0.15, -0.1) is 0 Å². The van der Waals surface area contributed by atoms with Crippen LogP contribution >= 0.6 is 23.2 Å². The third-order valence-corrected chi connectivity index (χ3v) is 3.38. The number of carbonyl (C=O) groups excluding carboxylic acids is 1. The van der Waals surface area contributed by atoms with Gasteiger partial charge in [-0.25, -0.2) is 4.98 Å². The number of nitrogens with one attached hydrogen (secondary N) is 1. The summed E-state index contributed by atoms with van der Waals surface area (Å²) in [6.45, 7) is 0. The molecule has 7 heteroatoms. The Morgan fingerprint density at radius 3 is 2.70 bits per heavy atom. The third-order valence-electron chi connectivity index (χ3n) is 2.86. The summed E-state index contributed by atoms with van der Waals surface area (Å²) in [5.74, 6) is -0.0904. The molecule has 116 valence electrons. The summed E-state index contributed by atoms with van der Waals surface area (Å²) < 4.78 is 5.15. The number of pyridine rings is 1. The second-order valence-corrected chi connectivity index (χ2v) is 5.08. The van der Waals surface area contributed by atoms with Gasteiger partial charge in [-0.2, -0.15) is 5.26 Å². The van der Waals surface area contributed by atoms with Crippen LogP contribution in [-0.4, -0.2) is 18.0 Å². The van der Waals surface area contributed by atoms with Gasteiger partial charge in [0, 0.05) is 5.56 Å². The van der Waals surface area contributed by atoms with E-state index in [1.54, 1.807) is 30.3 Å². The fourth-order valence-corrected chi connectivity index (χ4v) is 2.17. The molecule has 0 aliphatic rings. The molecule has 0 radical (unpaired) electrons. The van der Waals surface area contributed by atoms with E-state index in [1.165, 1.54) is 19.3 Å². The van der Waals surface area contributed by atoms with Crippen molar-refractivity contribution in [3.05, 3.63) is 57.8 Å². The number of rotatable bonds is 4. The van der Waals surface area contributed by atoms with Gasteiger partial charge in [0.2, 0.25) is 0 Å². The molecule has 0 unspecified atom stereocenters. The summed E-state index contributed by atoms with van der Waals surface area (Å²) >= 11 is 11.7. The smallest absolute Gasteiger partial charge is 0.266 e. The number of para-hydroxylation sites is 2. The highest BCUT2D eigenvalue weighted by molar-refractivity contribution is 6.33. The summed E-state index contributed by atoms with van der Waals surface area (Å²) in [5.41, 5.74) is 0.756. The van der Waals surface area contributed by atoms with Crippen LogP contribution in [0.25, 0.3) is 6.08 Å². The Labute approximate surface area is 143 Å². The first-order valence-electron chi connectivity index (χ1n) is 6.43. The van der Waals surface area contributed by atoms with Crippen LogP contribution in [0.1, 0.15) is 5.56 Å². The quantitative estimate of drug-likeness (QED) is 0.516. The topological polar surface area (TPSA) is 75.0 Å². The van der Waals surface area contributed by atoms with E-state index in [9.17, 15) is 10.1 Å². The molecule has 0 bridgehead atoms. The van der Waals surface area contributed by atoms with Gasteiger partial charge in [0.05, 0.1) is 12.8 Å². The van der Waals surface area contributed by atoms with E-state index in [-0.39, 0.29) is 15.9 Å². The van der Waals surface area contributed by atoms with Crippen molar-refractivity contribution < 1.29 is 9.53 Å². The largest absolute Gasteiger partial charge is 0.495 e. The van der Waals surface area contributed by atoms with Crippen molar-refractivity contribution in [3.8, 4) is 11.8 Å². The molecule has 1 aromatic heterocycles. The zero-order chi connectivity index (χ0) is 16.8. The van der Waals surface area contributed by atoms with E-state index in [0.717, 1.165) is 0 Å². The number of hydrogen-bond acceptors (Lipinski definition) is 4. The highest BCUT2D eigenvalue weighted by Crippen LogP contribution is 2.24. The molecule has 0 aliphatic carbocycles. The molecule has 1 aromatic carbocycles. The minimum atomic E-state index is -0.581. The van der Waals surface area contributed by atoms with Gasteiger partial charge in [0.15, 0.2) is 0 Å². The van der Waals surface area contributed by atoms with Crippen molar-refractivity contribution in [2.45, 2.75) is 0 Å². The van der Waals surface area contributed by atoms with Gasteiger partial charge >= 0.3 is 0 Å². The number of anilines is 1. The maximum Gasteiger partial charge on any atom is 0.266 e. The van der Waals surface area contributed by atoms with Gasteiger partial charge in [-0.1, -0.05) is 35.3 Å². The van der Waals surface area contributed by atoms with Crippen LogP contribution in [-0.2, 0) is 4.79 Å². The number of amides is 1. The van der Waals surface area contributed by atoms with Gasteiger partial charge < -0.3 is 10.1 Å². The van der Waals surface area contributed by atoms with E-state index in [4.69, 9.17) is 27.9 Å².